The molecule has 0 spiro atoms. The lowest BCUT2D eigenvalue weighted by molar-refractivity contribution is -0.385. The van der Waals surface area contributed by atoms with Gasteiger partial charge < -0.3 is 4.74 Å². The Bertz CT molecular complexity index is 664. The Morgan fingerprint density at radius 3 is 2.60 bits per heavy atom. The van der Waals surface area contributed by atoms with E-state index in [1.54, 1.807) is 30.3 Å². The van der Waals surface area contributed by atoms with Gasteiger partial charge in [0.1, 0.15) is 5.75 Å². The monoisotopic (exact) mass is 375 g/mol. The molecule has 104 valence electrons. The summed E-state index contributed by atoms with van der Waals surface area (Å²) in [5.74, 6) is 0.654. The number of hydrogen-bond acceptors (Lipinski definition) is 3. The molecule has 0 saturated heterocycles. The van der Waals surface area contributed by atoms with Crippen LogP contribution in [0.5, 0.6) is 11.5 Å². The number of rotatable bonds is 4. The van der Waals surface area contributed by atoms with Gasteiger partial charge in [-0.05, 0) is 34.1 Å². The van der Waals surface area contributed by atoms with Gasteiger partial charge in [-0.25, -0.2) is 0 Å². The number of ether oxygens (including phenoxy) is 1. The molecule has 0 aliphatic carbocycles. The third-order valence-corrected chi connectivity index (χ3v) is 3.81. The molecule has 0 fully saturated rings. The fraction of sp³-hybridized carbons (Fsp3) is 0.0769. The number of nitrogens with zero attached hydrogens (tertiary/aromatic N) is 1. The van der Waals surface area contributed by atoms with Crippen LogP contribution in [0.3, 0.4) is 0 Å². The Hall–Kier alpha value is -1.30. The molecule has 20 heavy (non-hydrogen) atoms. The molecule has 2 rings (SSSR count). The van der Waals surface area contributed by atoms with E-state index in [2.05, 4.69) is 15.9 Å². The van der Waals surface area contributed by atoms with Gasteiger partial charge in [-0.3, -0.25) is 10.1 Å². The summed E-state index contributed by atoms with van der Waals surface area (Å²) in [5, 5.41) is 11.5. The largest absolute Gasteiger partial charge is 0.449 e. The average molecular weight is 377 g/mol. The van der Waals surface area contributed by atoms with Crippen LogP contribution in [0, 0.1) is 10.1 Å². The second kappa shape index (κ2) is 6.43. The molecule has 4 nitrogen and oxygen atoms in total. The molecule has 0 bridgehead atoms. The SMILES string of the molecule is O=[N+]([O-])c1cccc(Br)c1Oc1cccc(Cl)c1CCl. The van der Waals surface area contributed by atoms with E-state index in [1.807, 2.05) is 0 Å². The Morgan fingerprint density at radius 2 is 1.95 bits per heavy atom. The lowest BCUT2D eigenvalue weighted by Gasteiger charge is -2.12. The molecule has 0 N–H and O–H groups in total. The van der Waals surface area contributed by atoms with Gasteiger partial charge in [-0.1, -0.05) is 23.7 Å². The van der Waals surface area contributed by atoms with Gasteiger partial charge in [-0.2, -0.15) is 0 Å². The summed E-state index contributed by atoms with van der Waals surface area (Å²) in [6.07, 6.45) is 0. The van der Waals surface area contributed by atoms with Crippen molar-refractivity contribution in [3.05, 3.63) is 61.6 Å². The molecular formula is C13H8BrCl2NO3. The first-order chi connectivity index (χ1) is 9.54. The summed E-state index contributed by atoms with van der Waals surface area (Å²) in [5.41, 5.74) is 0.445. The first-order valence-corrected chi connectivity index (χ1v) is 7.19. The van der Waals surface area contributed by atoms with Crippen LogP contribution in [-0.2, 0) is 5.88 Å². The minimum absolute atomic E-state index is 0.117. The Balaban J connectivity index is 2.50. The van der Waals surface area contributed by atoms with E-state index in [0.29, 0.717) is 20.8 Å². The minimum Gasteiger partial charge on any atom is -0.449 e. The van der Waals surface area contributed by atoms with Crippen molar-refractivity contribution in [2.45, 2.75) is 5.88 Å². The van der Waals surface area contributed by atoms with Gasteiger partial charge in [0.05, 0.1) is 15.3 Å². The van der Waals surface area contributed by atoms with Crippen molar-refractivity contribution >= 4 is 44.8 Å². The summed E-state index contributed by atoms with van der Waals surface area (Å²) in [4.78, 5) is 10.5. The van der Waals surface area contributed by atoms with E-state index < -0.39 is 4.92 Å². The van der Waals surface area contributed by atoms with E-state index in [1.165, 1.54) is 6.07 Å². The summed E-state index contributed by atoms with van der Waals surface area (Å²) in [6, 6.07) is 9.62. The molecule has 0 aliphatic rings. The van der Waals surface area contributed by atoms with Gasteiger partial charge >= 0.3 is 5.69 Å². The van der Waals surface area contributed by atoms with E-state index in [4.69, 9.17) is 27.9 Å². The van der Waals surface area contributed by atoms with Gasteiger partial charge in [0.25, 0.3) is 0 Å². The maximum Gasteiger partial charge on any atom is 0.312 e. The number of para-hydroxylation sites is 1. The minimum atomic E-state index is -0.509. The van der Waals surface area contributed by atoms with Crippen LogP contribution < -0.4 is 4.74 Å². The molecule has 0 amide bonds. The number of nitro groups is 1. The molecular weight excluding hydrogens is 369 g/mol. The first-order valence-electron chi connectivity index (χ1n) is 5.48. The van der Waals surface area contributed by atoms with Crippen LogP contribution >= 0.6 is 39.1 Å². The molecule has 0 aromatic heterocycles. The van der Waals surface area contributed by atoms with Crippen molar-refractivity contribution in [1.29, 1.82) is 0 Å². The van der Waals surface area contributed by atoms with Gasteiger partial charge in [-0.15, -0.1) is 11.6 Å². The Morgan fingerprint density at radius 1 is 1.25 bits per heavy atom. The second-order valence-electron chi connectivity index (χ2n) is 3.80. The van der Waals surface area contributed by atoms with Crippen LogP contribution in [0.1, 0.15) is 5.56 Å². The van der Waals surface area contributed by atoms with E-state index in [-0.39, 0.29) is 17.3 Å². The lowest BCUT2D eigenvalue weighted by Crippen LogP contribution is -1.96. The van der Waals surface area contributed by atoms with Gasteiger partial charge in [0.15, 0.2) is 0 Å². The summed E-state index contributed by atoms with van der Waals surface area (Å²) in [7, 11) is 0. The highest BCUT2D eigenvalue weighted by molar-refractivity contribution is 9.10. The van der Waals surface area contributed by atoms with Gasteiger partial charge in [0.2, 0.25) is 5.75 Å². The third-order valence-electron chi connectivity index (χ3n) is 2.56. The normalized spacial score (nSPS) is 10.3. The van der Waals surface area contributed by atoms with Crippen LogP contribution in [-0.4, -0.2) is 4.92 Å². The standard InChI is InChI=1S/C13H8BrCl2NO3/c14-9-3-1-5-11(17(18)19)13(9)20-12-6-2-4-10(16)8(12)7-15/h1-6H,7H2. The maximum atomic E-state index is 11.0. The van der Waals surface area contributed by atoms with Crippen LogP contribution in [0.2, 0.25) is 5.02 Å². The summed E-state index contributed by atoms with van der Waals surface area (Å²) >= 11 is 15.1. The maximum absolute atomic E-state index is 11.0. The molecule has 0 atom stereocenters. The van der Waals surface area contributed by atoms with Crippen molar-refractivity contribution in [2.75, 3.05) is 0 Å². The zero-order valence-corrected chi connectivity index (χ0v) is 13.1. The van der Waals surface area contributed by atoms with Crippen molar-refractivity contribution in [3.63, 3.8) is 0 Å². The Kier molecular flexibility index (Phi) is 4.86. The van der Waals surface area contributed by atoms with E-state index >= 15 is 0 Å². The fourth-order valence-corrected chi connectivity index (χ4v) is 2.63. The van der Waals surface area contributed by atoms with Crippen molar-refractivity contribution in [3.8, 4) is 11.5 Å². The highest BCUT2D eigenvalue weighted by Crippen LogP contribution is 2.40. The molecule has 0 aliphatic heterocycles. The predicted molar refractivity (Wildman–Crippen MR) is 81.9 cm³/mol. The van der Waals surface area contributed by atoms with Crippen molar-refractivity contribution in [2.24, 2.45) is 0 Å². The number of benzene rings is 2. The first kappa shape index (κ1) is 15.1. The van der Waals surface area contributed by atoms with Gasteiger partial charge in [0, 0.05) is 16.7 Å². The summed E-state index contributed by atoms with van der Waals surface area (Å²) in [6.45, 7) is 0. The zero-order valence-electron chi connectivity index (χ0n) is 9.98. The van der Waals surface area contributed by atoms with E-state index in [9.17, 15) is 10.1 Å². The fourth-order valence-electron chi connectivity index (χ4n) is 1.62. The number of halogens is 3. The van der Waals surface area contributed by atoms with Crippen molar-refractivity contribution in [1.82, 2.24) is 0 Å². The molecule has 0 saturated carbocycles. The third kappa shape index (κ3) is 3.06. The molecule has 2 aromatic rings. The quantitative estimate of drug-likeness (QED) is 0.399. The molecule has 0 heterocycles. The predicted octanol–water partition coefficient (Wildman–Crippen LogP) is 5.54. The smallest absolute Gasteiger partial charge is 0.312 e. The number of nitro benzene ring substituents is 1. The number of alkyl halides is 1. The number of hydrogen-bond donors (Lipinski definition) is 0. The molecule has 2 aromatic carbocycles. The second-order valence-corrected chi connectivity index (χ2v) is 5.33. The molecule has 7 heteroatoms. The highest BCUT2D eigenvalue weighted by atomic mass is 79.9. The topological polar surface area (TPSA) is 52.4 Å². The van der Waals surface area contributed by atoms with Crippen LogP contribution in [0.4, 0.5) is 5.69 Å². The molecule has 0 unspecified atom stereocenters. The zero-order chi connectivity index (χ0) is 14.7. The highest BCUT2D eigenvalue weighted by Gasteiger charge is 2.20. The summed E-state index contributed by atoms with van der Waals surface area (Å²) < 4.78 is 6.13. The van der Waals surface area contributed by atoms with Crippen LogP contribution in [0.15, 0.2) is 40.9 Å². The average Bonchev–Trinajstić information content (AvgIpc) is 2.41. The lowest BCUT2D eigenvalue weighted by atomic mass is 10.2. The Labute approximate surface area is 133 Å². The van der Waals surface area contributed by atoms with Crippen molar-refractivity contribution < 1.29 is 9.66 Å². The van der Waals surface area contributed by atoms with E-state index in [0.717, 1.165) is 0 Å². The molecule has 0 radical (unpaired) electrons. The van der Waals surface area contributed by atoms with Crippen LogP contribution in [0.25, 0.3) is 0 Å².